The fourth-order valence-electron chi connectivity index (χ4n) is 1.74. The third-order valence-electron chi connectivity index (χ3n) is 2.83. The Balaban J connectivity index is 2.32. The van der Waals surface area contributed by atoms with Gasteiger partial charge in [0, 0.05) is 24.0 Å². The van der Waals surface area contributed by atoms with Crippen LogP contribution in [0.3, 0.4) is 0 Å². The summed E-state index contributed by atoms with van der Waals surface area (Å²) < 4.78 is 24.6. The second-order valence-electron chi connectivity index (χ2n) is 4.05. The summed E-state index contributed by atoms with van der Waals surface area (Å²) in [7, 11) is -3.59. The minimum absolute atomic E-state index is 0.154. The number of hydrogen-bond donors (Lipinski definition) is 0. The average Bonchev–Trinajstić information content (AvgIpc) is 2.47. The first kappa shape index (κ1) is 13.2. The van der Waals surface area contributed by atoms with Gasteiger partial charge in [-0.25, -0.2) is 18.0 Å². The fourth-order valence-corrected chi connectivity index (χ4v) is 3.12. The third-order valence-corrected chi connectivity index (χ3v) is 4.67. The lowest BCUT2D eigenvalue weighted by atomic mass is 10.1. The van der Waals surface area contributed by atoms with Crippen molar-refractivity contribution in [2.45, 2.75) is 12.8 Å². The zero-order valence-electron chi connectivity index (χ0n) is 9.92. The first-order valence-electron chi connectivity index (χ1n) is 5.57. The average molecular weight is 274 g/mol. The van der Waals surface area contributed by atoms with E-state index in [1.165, 1.54) is 36.5 Å². The zero-order chi connectivity index (χ0) is 13.9. The number of sulfone groups is 1. The van der Waals surface area contributed by atoms with Crippen LogP contribution in [0.1, 0.15) is 12.8 Å². The highest BCUT2D eigenvalue weighted by molar-refractivity contribution is 7.99. The minimum Gasteiger partial charge on any atom is -0.233 e. The predicted octanol–water partition coefficient (Wildman–Crippen LogP) is 1.60. The van der Waals surface area contributed by atoms with Crippen molar-refractivity contribution in [1.29, 1.82) is 0 Å². The van der Waals surface area contributed by atoms with E-state index in [0.717, 1.165) is 0 Å². The number of carbonyl (C=O) groups excluding carboxylic acids is 2. The van der Waals surface area contributed by atoms with Gasteiger partial charge in [0.15, 0.2) is 0 Å². The monoisotopic (exact) mass is 274 g/mol. The quantitative estimate of drug-likeness (QED) is 0.717. The van der Waals surface area contributed by atoms with Gasteiger partial charge in [0.25, 0.3) is 0 Å². The first-order chi connectivity index (χ1) is 9.07. The molecular formula is C14H10O4S. The molecule has 0 heterocycles. The van der Waals surface area contributed by atoms with E-state index in [2.05, 4.69) is 0 Å². The van der Waals surface area contributed by atoms with E-state index in [-0.39, 0.29) is 22.7 Å². The van der Waals surface area contributed by atoms with Crippen LogP contribution in [0, 0.1) is 0 Å². The fraction of sp³-hybridized carbons (Fsp3) is 0.143. The summed E-state index contributed by atoms with van der Waals surface area (Å²) in [6.07, 6.45) is 9.14. The van der Waals surface area contributed by atoms with Crippen LogP contribution in [0.25, 0.3) is 0 Å². The lowest BCUT2D eigenvalue weighted by Crippen LogP contribution is -2.08. The Morgan fingerprint density at radius 2 is 1.21 bits per heavy atom. The van der Waals surface area contributed by atoms with E-state index in [4.69, 9.17) is 0 Å². The first-order valence-corrected chi connectivity index (χ1v) is 7.06. The summed E-state index contributed by atoms with van der Waals surface area (Å²) in [6.45, 7) is 0. The molecule has 0 saturated carbocycles. The molecular weight excluding hydrogens is 264 g/mol. The number of hydrogen-bond acceptors (Lipinski definition) is 4. The van der Waals surface area contributed by atoms with Crippen molar-refractivity contribution < 1.29 is 18.0 Å². The van der Waals surface area contributed by atoms with Crippen LogP contribution in [0.4, 0.5) is 0 Å². The van der Waals surface area contributed by atoms with Gasteiger partial charge < -0.3 is 0 Å². The predicted molar refractivity (Wildman–Crippen MR) is 71.0 cm³/mol. The molecule has 19 heavy (non-hydrogen) atoms. The molecule has 0 amide bonds. The molecule has 0 radical (unpaired) electrons. The summed E-state index contributed by atoms with van der Waals surface area (Å²) in [5, 5.41) is 0. The Morgan fingerprint density at radius 1 is 0.789 bits per heavy atom. The molecule has 0 fully saturated rings. The largest absolute Gasteiger partial charge is 0.233 e. The standard InChI is InChI=1S/C14H10O4S/c15-9-11-1-5-13(6-2-11)19(17,18)14-7-3-12(10-16)4-8-14/h1,3,5-8H,2,4H2. The molecule has 0 aromatic carbocycles. The van der Waals surface area contributed by atoms with Gasteiger partial charge in [-0.05, 0) is 24.3 Å². The molecule has 0 spiro atoms. The molecule has 2 aliphatic carbocycles. The lowest BCUT2D eigenvalue weighted by molar-refractivity contribution is 0.566. The van der Waals surface area contributed by atoms with E-state index in [0.29, 0.717) is 11.1 Å². The van der Waals surface area contributed by atoms with Crippen molar-refractivity contribution >= 4 is 21.7 Å². The zero-order valence-corrected chi connectivity index (χ0v) is 10.7. The Labute approximate surface area is 110 Å². The maximum Gasteiger partial charge on any atom is 0.205 e. The molecule has 4 nitrogen and oxygen atoms in total. The third kappa shape index (κ3) is 2.64. The van der Waals surface area contributed by atoms with Crippen LogP contribution in [-0.2, 0) is 19.4 Å². The SMILES string of the molecule is O=C=C1C=CC(S(=O)(=O)C2=CCC(=C=O)C=C2)=CC1. The van der Waals surface area contributed by atoms with Crippen molar-refractivity contribution in [1.82, 2.24) is 0 Å². The van der Waals surface area contributed by atoms with Crippen LogP contribution in [0.2, 0.25) is 0 Å². The van der Waals surface area contributed by atoms with Crippen LogP contribution < -0.4 is 0 Å². The van der Waals surface area contributed by atoms with Gasteiger partial charge in [-0.1, -0.05) is 12.2 Å². The molecule has 0 bridgehead atoms. The van der Waals surface area contributed by atoms with Crippen molar-refractivity contribution in [3.05, 3.63) is 57.4 Å². The van der Waals surface area contributed by atoms with Gasteiger partial charge in [0.2, 0.25) is 9.84 Å². The minimum atomic E-state index is -3.59. The maximum atomic E-state index is 12.3. The molecule has 0 aliphatic heterocycles. The molecule has 0 atom stereocenters. The normalized spacial score (nSPS) is 18.5. The van der Waals surface area contributed by atoms with E-state index in [9.17, 15) is 18.0 Å². The molecule has 0 aromatic heterocycles. The van der Waals surface area contributed by atoms with E-state index in [1.807, 2.05) is 0 Å². The van der Waals surface area contributed by atoms with Gasteiger partial charge in [0.05, 0.1) is 9.81 Å². The molecule has 0 saturated heterocycles. The molecule has 96 valence electrons. The van der Waals surface area contributed by atoms with Crippen LogP contribution in [-0.4, -0.2) is 20.3 Å². The summed E-state index contributed by atoms with van der Waals surface area (Å²) in [6, 6.07) is 0. The maximum absolute atomic E-state index is 12.3. The number of allylic oxidation sites excluding steroid dienone is 8. The molecule has 0 unspecified atom stereocenters. The molecule has 0 N–H and O–H groups in total. The van der Waals surface area contributed by atoms with E-state index < -0.39 is 9.84 Å². The Kier molecular flexibility index (Phi) is 3.63. The summed E-state index contributed by atoms with van der Waals surface area (Å²) in [5.41, 5.74) is 0.830. The summed E-state index contributed by atoms with van der Waals surface area (Å²) in [4.78, 5) is 21.2. The van der Waals surface area contributed by atoms with Crippen molar-refractivity contribution in [3.8, 4) is 0 Å². The Hall–Kier alpha value is -2.19. The van der Waals surface area contributed by atoms with Gasteiger partial charge in [-0.15, -0.1) is 0 Å². The van der Waals surface area contributed by atoms with Gasteiger partial charge in [-0.3, -0.25) is 0 Å². The highest BCUT2D eigenvalue weighted by Gasteiger charge is 2.22. The van der Waals surface area contributed by atoms with Crippen molar-refractivity contribution in [2.75, 3.05) is 0 Å². The van der Waals surface area contributed by atoms with Crippen molar-refractivity contribution in [3.63, 3.8) is 0 Å². The second kappa shape index (κ2) is 5.21. The Bertz CT molecular complexity index is 674. The molecule has 2 aliphatic rings. The van der Waals surface area contributed by atoms with Crippen molar-refractivity contribution in [2.24, 2.45) is 0 Å². The van der Waals surface area contributed by atoms with Crippen LogP contribution in [0.5, 0.6) is 0 Å². The number of rotatable bonds is 2. The summed E-state index contributed by atoms with van der Waals surface area (Å²) in [5.74, 6) is 3.47. The van der Waals surface area contributed by atoms with E-state index >= 15 is 0 Å². The van der Waals surface area contributed by atoms with Crippen LogP contribution >= 0.6 is 0 Å². The second-order valence-corrected chi connectivity index (χ2v) is 6.00. The summed E-state index contributed by atoms with van der Waals surface area (Å²) >= 11 is 0. The van der Waals surface area contributed by atoms with Crippen LogP contribution in [0.15, 0.2) is 57.4 Å². The smallest absolute Gasteiger partial charge is 0.205 e. The molecule has 2 rings (SSSR count). The molecule has 0 aromatic rings. The highest BCUT2D eigenvalue weighted by Crippen LogP contribution is 2.27. The lowest BCUT2D eigenvalue weighted by Gasteiger charge is -2.12. The van der Waals surface area contributed by atoms with Gasteiger partial charge in [0.1, 0.15) is 11.9 Å². The van der Waals surface area contributed by atoms with Gasteiger partial charge >= 0.3 is 0 Å². The topological polar surface area (TPSA) is 68.3 Å². The Morgan fingerprint density at radius 3 is 1.47 bits per heavy atom. The van der Waals surface area contributed by atoms with E-state index in [1.54, 1.807) is 11.9 Å². The van der Waals surface area contributed by atoms with Gasteiger partial charge in [-0.2, -0.15) is 0 Å². The molecule has 5 heteroatoms. The highest BCUT2D eigenvalue weighted by atomic mass is 32.2.